The molecule has 0 heterocycles. The van der Waals surface area contributed by atoms with Gasteiger partial charge in [0, 0.05) is 38.2 Å². The highest BCUT2D eigenvalue weighted by Gasteiger charge is 2.15. The Bertz CT molecular complexity index is 776. The molecular formula is C36H58O2. The summed E-state index contributed by atoms with van der Waals surface area (Å²) in [5, 5.41) is 0. The molecule has 214 valence electrons. The second-order valence-corrected chi connectivity index (χ2v) is 12.1. The fraction of sp³-hybridized carbons (Fsp3) is 0.722. The first-order chi connectivity index (χ1) is 18.3. The Labute approximate surface area is 237 Å². The van der Waals surface area contributed by atoms with Crippen LogP contribution in [0, 0.1) is 23.7 Å². The van der Waals surface area contributed by atoms with Crippen molar-refractivity contribution in [3.05, 3.63) is 35.4 Å². The third kappa shape index (κ3) is 19.3. The zero-order valence-corrected chi connectivity index (χ0v) is 25.9. The lowest BCUT2D eigenvalue weighted by atomic mass is 9.99. The van der Waals surface area contributed by atoms with Crippen molar-refractivity contribution < 1.29 is 9.47 Å². The number of rotatable bonds is 20. The molecule has 0 aliphatic rings. The number of unbranched alkanes of at least 4 members (excludes halogenated alkanes) is 14. The SMILES string of the molecule is COC(C)(C)CCCCCCCCCC#Cc1cccc(C#CCCCCCCCCCC(C)(C)OC)c1. The summed E-state index contributed by atoms with van der Waals surface area (Å²) < 4.78 is 11.0. The van der Waals surface area contributed by atoms with Gasteiger partial charge in [-0.15, -0.1) is 0 Å². The molecule has 0 bridgehead atoms. The van der Waals surface area contributed by atoms with Crippen LogP contribution in [0.4, 0.5) is 0 Å². The zero-order chi connectivity index (χ0) is 28.0. The van der Waals surface area contributed by atoms with E-state index in [1.54, 1.807) is 0 Å². The van der Waals surface area contributed by atoms with Crippen LogP contribution >= 0.6 is 0 Å². The number of ether oxygens (including phenoxy) is 2. The maximum Gasteiger partial charge on any atom is 0.0622 e. The van der Waals surface area contributed by atoms with Crippen molar-refractivity contribution in [3.8, 4) is 23.7 Å². The topological polar surface area (TPSA) is 18.5 Å². The quantitative estimate of drug-likeness (QED) is 0.125. The molecule has 0 atom stereocenters. The molecule has 0 spiro atoms. The molecule has 0 saturated heterocycles. The van der Waals surface area contributed by atoms with E-state index in [9.17, 15) is 0 Å². The van der Waals surface area contributed by atoms with E-state index >= 15 is 0 Å². The fourth-order valence-electron chi connectivity index (χ4n) is 4.50. The van der Waals surface area contributed by atoms with E-state index in [1.165, 1.54) is 89.9 Å². The first-order valence-electron chi connectivity index (χ1n) is 15.5. The minimum atomic E-state index is 0.0347. The lowest BCUT2D eigenvalue weighted by Crippen LogP contribution is -2.21. The van der Waals surface area contributed by atoms with Crippen LogP contribution in [0.5, 0.6) is 0 Å². The molecule has 0 saturated carbocycles. The fourth-order valence-corrected chi connectivity index (χ4v) is 4.50. The van der Waals surface area contributed by atoms with Crippen LogP contribution in [0.3, 0.4) is 0 Å². The van der Waals surface area contributed by atoms with Gasteiger partial charge in [-0.05, 0) is 71.6 Å². The van der Waals surface area contributed by atoms with Gasteiger partial charge in [-0.2, -0.15) is 0 Å². The van der Waals surface area contributed by atoms with Crippen molar-refractivity contribution in [1.82, 2.24) is 0 Å². The van der Waals surface area contributed by atoms with Gasteiger partial charge in [-0.3, -0.25) is 0 Å². The standard InChI is InChI=1S/C36H58O2/c1-35(2,37-5)30-23-19-15-11-7-9-13-17-21-26-33-28-25-29-34(32-33)27-22-18-14-10-8-12-16-20-24-31-36(3,4)38-6/h25,28-29,32H,7-20,23-24,30-31H2,1-6H3. The van der Waals surface area contributed by atoms with E-state index in [-0.39, 0.29) is 11.2 Å². The van der Waals surface area contributed by atoms with Crippen LogP contribution in [0.2, 0.25) is 0 Å². The van der Waals surface area contributed by atoms with Crippen molar-refractivity contribution in [1.29, 1.82) is 0 Å². The Balaban J connectivity index is 2.08. The minimum absolute atomic E-state index is 0.0347. The lowest BCUT2D eigenvalue weighted by Gasteiger charge is -2.22. The van der Waals surface area contributed by atoms with Gasteiger partial charge in [0.25, 0.3) is 0 Å². The van der Waals surface area contributed by atoms with Gasteiger partial charge in [0.05, 0.1) is 11.2 Å². The Kier molecular flexibility index (Phi) is 19.1. The van der Waals surface area contributed by atoms with Crippen molar-refractivity contribution in [3.63, 3.8) is 0 Å². The van der Waals surface area contributed by atoms with Crippen molar-refractivity contribution in [2.75, 3.05) is 14.2 Å². The Morgan fingerprint density at radius 1 is 0.526 bits per heavy atom. The number of hydrogen-bond donors (Lipinski definition) is 0. The Hall–Kier alpha value is -1.74. The highest BCUT2D eigenvalue weighted by atomic mass is 16.5. The first-order valence-corrected chi connectivity index (χ1v) is 15.5. The summed E-state index contributed by atoms with van der Waals surface area (Å²) in [6, 6.07) is 8.41. The number of benzene rings is 1. The van der Waals surface area contributed by atoms with E-state index < -0.39 is 0 Å². The molecule has 1 rings (SSSR count). The predicted octanol–water partition coefficient (Wildman–Crippen LogP) is 10.3. The molecule has 2 heteroatoms. The minimum Gasteiger partial charge on any atom is -0.379 e. The van der Waals surface area contributed by atoms with E-state index in [2.05, 4.69) is 75.6 Å². The number of hydrogen-bond acceptors (Lipinski definition) is 2. The molecule has 0 N–H and O–H groups in total. The average Bonchev–Trinajstić information content (AvgIpc) is 2.90. The van der Waals surface area contributed by atoms with Crippen molar-refractivity contribution in [2.24, 2.45) is 0 Å². The molecule has 1 aromatic carbocycles. The summed E-state index contributed by atoms with van der Waals surface area (Å²) in [4.78, 5) is 0. The Morgan fingerprint density at radius 3 is 1.24 bits per heavy atom. The van der Waals surface area contributed by atoms with Crippen LogP contribution in [-0.4, -0.2) is 25.4 Å². The third-order valence-corrected chi connectivity index (χ3v) is 7.59. The molecule has 0 aromatic heterocycles. The average molecular weight is 523 g/mol. The predicted molar refractivity (Wildman–Crippen MR) is 165 cm³/mol. The molecule has 0 aliphatic carbocycles. The van der Waals surface area contributed by atoms with Crippen molar-refractivity contribution in [2.45, 2.75) is 154 Å². The van der Waals surface area contributed by atoms with Crippen LogP contribution in [0.15, 0.2) is 24.3 Å². The summed E-state index contributed by atoms with van der Waals surface area (Å²) in [5.41, 5.74) is 2.24. The molecule has 0 fully saturated rings. The van der Waals surface area contributed by atoms with E-state index in [1.807, 2.05) is 14.2 Å². The molecule has 0 radical (unpaired) electrons. The molecular weight excluding hydrogens is 464 g/mol. The monoisotopic (exact) mass is 522 g/mol. The summed E-state index contributed by atoms with van der Waals surface area (Å²) >= 11 is 0. The second-order valence-electron chi connectivity index (χ2n) is 12.1. The normalized spacial score (nSPS) is 11.5. The molecule has 38 heavy (non-hydrogen) atoms. The highest BCUT2D eigenvalue weighted by molar-refractivity contribution is 5.43. The van der Waals surface area contributed by atoms with Gasteiger partial charge < -0.3 is 9.47 Å². The lowest BCUT2D eigenvalue weighted by molar-refractivity contribution is 0.0131. The van der Waals surface area contributed by atoms with Crippen LogP contribution in [-0.2, 0) is 9.47 Å². The Morgan fingerprint density at radius 2 is 0.868 bits per heavy atom. The van der Waals surface area contributed by atoms with Gasteiger partial charge in [-0.1, -0.05) is 107 Å². The van der Waals surface area contributed by atoms with Gasteiger partial charge in [0.15, 0.2) is 0 Å². The smallest absolute Gasteiger partial charge is 0.0622 e. The van der Waals surface area contributed by atoms with E-state index in [4.69, 9.17) is 9.47 Å². The summed E-state index contributed by atoms with van der Waals surface area (Å²) in [5.74, 6) is 13.4. The zero-order valence-electron chi connectivity index (χ0n) is 25.9. The molecule has 1 aromatic rings. The molecule has 0 aliphatic heterocycles. The van der Waals surface area contributed by atoms with Crippen molar-refractivity contribution >= 4 is 0 Å². The van der Waals surface area contributed by atoms with Crippen LogP contribution in [0.1, 0.15) is 154 Å². The molecule has 0 unspecified atom stereocenters. The first kappa shape index (κ1) is 34.3. The maximum atomic E-state index is 5.49. The van der Waals surface area contributed by atoms with Gasteiger partial charge in [0.2, 0.25) is 0 Å². The van der Waals surface area contributed by atoms with Crippen LogP contribution < -0.4 is 0 Å². The summed E-state index contributed by atoms with van der Waals surface area (Å²) in [7, 11) is 3.62. The maximum absolute atomic E-state index is 5.49. The molecule has 0 amide bonds. The largest absolute Gasteiger partial charge is 0.379 e. The summed E-state index contributed by atoms with van der Waals surface area (Å²) in [6.45, 7) is 8.70. The van der Waals surface area contributed by atoms with E-state index in [0.717, 1.165) is 36.8 Å². The highest BCUT2D eigenvalue weighted by Crippen LogP contribution is 2.19. The third-order valence-electron chi connectivity index (χ3n) is 7.59. The number of methoxy groups -OCH3 is 2. The van der Waals surface area contributed by atoms with Gasteiger partial charge >= 0.3 is 0 Å². The van der Waals surface area contributed by atoms with Crippen LogP contribution in [0.25, 0.3) is 0 Å². The molecule has 2 nitrogen and oxygen atoms in total. The second kappa shape index (κ2) is 21.1. The van der Waals surface area contributed by atoms with Gasteiger partial charge in [0.1, 0.15) is 0 Å². The van der Waals surface area contributed by atoms with E-state index in [0.29, 0.717) is 0 Å². The van der Waals surface area contributed by atoms with Gasteiger partial charge in [-0.25, -0.2) is 0 Å². The summed E-state index contributed by atoms with van der Waals surface area (Å²) in [6.07, 6.45) is 22.5.